The minimum absolute atomic E-state index is 0.638. The Labute approximate surface area is 81.2 Å². The molecule has 0 spiro atoms. The lowest BCUT2D eigenvalue weighted by molar-refractivity contribution is 0.584. The summed E-state index contributed by atoms with van der Waals surface area (Å²) >= 11 is 0. The largest absolute Gasteiger partial charge is 0.390 e. The molecule has 0 aromatic carbocycles. The van der Waals surface area contributed by atoms with Gasteiger partial charge >= 0.3 is 0 Å². The molecule has 1 unspecified atom stereocenters. The Balaban J connectivity index is 4.08. The number of nitrogens with two attached hydrogens (primary N) is 1. The zero-order chi connectivity index (χ0) is 10.1. The highest BCUT2D eigenvalue weighted by molar-refractivity contribution is 5.88. The summed E-state index contributed by atoms with van der Waals surface area (Å²) in [6.45, 7) is 7.33. The maximum absolute atomic E-state index is 5.25. The maximum atomic E-state index is 5.25. The lowest BCUT2D eigenvalue weighted by Crippen LogP contribution is -2.05. The molecule has 0 saturated carbocycles. The van der Waals surface area contributed by atoms with Crippen molar-refractivity contribution in [1.29, 1.82) is 0 Å². The van der Waals surface area contributed by atoms with Gasteiger partial charge in [0, 0.05) is 13.0 Å². The van der Waals surface area contributed by atoms with Crippen LogP contribution in [-0.2, 0) is 0 Å². The Kier molecular flexibility index (Phi) is 7.26. The van der Waals surface area contributed by atoms with Gasteiger partial charge in [-0.05, 0) is 12.3 Å². The van der Waals surface area contributed by atoms with E-state index in [0.29, 0.717) is 5.92 Å². The summed E-state index contributed by atoms with van der Waals surface area (Å²) in [7, 11) is 0. The van der Waals surface area contributed by atoms with Crippen LogP contribution in [0.5, 0.6) is 0 Å². The molecule has 13 heavy (non-hydrogen) atoms. The van der Waals surface area contributed by atoms with Crippen molar-refractivity contribution >= 4 is 12.2 Å². The number of rotatable bonds is 5. The van der Waals surface area contributed by atoms with Crippen molar-refractivity contribution in [2.75, 3.05) is 6.54 Å². The van der Waals surface area contributed by atoms with Crippen LogP contribution in [0.2, 0.25) is 0 Å². The van der Waals surface area contributed by atoms with E-state index in [1.165, 1.54) is 6.34 Å². The van der Waals surface area contributed by atoms with Crippen molar-refractivity contribution < 1.29 is 0 Å². The van der Waals surface area contributed by atoms with E-state index in [4.69, 9.17) is 5.73 Å². The van der Waals surface area contributed by atoms with E-state index in [9.17, 15) is 0 Å². The predicted molar refractivity (Wildman–Crippen MR) is 59.3 cm³/mol. The van der Waals surface area contributed by atoms with E-state index in [2.05, 4.69) is 30.8 Å². The third kappa shape index (κ3) is 6.31. The van der Waals surface area contributed by atoms with Gasteiger partial charge in [0.25, 0.3) is 0 Å². The average molecular weight is 183 g/mol. The third-order valence-corrected chi connectivity index (χ3v) is 1.97. The standard InChI is InChI=1S/C10H21N3/c1-4-6-12-10(13-8-11)7-9(3)5-2/h8-9H,4-7H2,1-3H3,(H2,11,12,13). The molecule has 0 aliphatic rings. The Hall–Kier alpha value is -0.860. The van der Waals surface area contributed by atoms with E-state index in [1.807, 2.05) is 0 Å². The van der Waals surface area contributed by atoms with Crippen LogP contribution in [-0.4, -0.2) is 18.7 Å². The Morgan fingerprint density at radius 3 is 2.62 bits per heavy atom. The van der Waals surface area contributed by atoms with Gasteiger partial charge in [-0.2, -0.15) is 0 Å². The summed E-state index contributed by atoms with van der Waals surface area (Å²) < 4.78 is 0. The van der Waals surface area contributed by atoms with Crippen molar-refractivity contribution in [3.8, 4) is 0 Å². The zero-order valence-corrected chi connectivity index (χ0v) is 8.95. The van der Waals surface area contributed by atoms with Gasteiger partial charge in [-0.3, -0.25) is 4.99 Å². The molecule has 2 N–H and O–H groups in total. The van der Waals surface area contributed by atoms with Gasteiger partial charge in [0.05, 0.1) is 6.34 Å². The molecule has 0 rings (SSSR count). The number of amidine groups is 1. The molecule has 0 aromatic heterocycles. The number of hydrogen-bond acceptors (Lipinski definition) is 1. The van der Waals surface area contributed by atoms with Crippen LogP contribution in [0.4, 0.5) is 0 Å². The normalized spacial score (nSPS) is 15.2. The molecule has 0 amide bonds. The maximum Gasteiger partial charge on any atom is 0.125 e. The van der Waals surface area contributed by atoms with Crippen molar-refractivity contribution in [1.82, 2.24) is 0 Å². The predicted octanol–water partition coefficient (Wildman–Crippen LogP) is 2.22. The minimum atomic E-state index is 0.638. The molecule has 0 aliphatic carbocycles. The first-order valence-corrected chi connectivity index (χ1v) is 5.02. The third-order valence-electron chi connectivity index (χ3n) is 1.97. The number of aliphatic imine (C=N–C) groups is 2. The molecule has 3 heteroatoms. The molecule has 0 heterocycles. The highest BCUT2D eigenvalue weighted by Gasteiger charge is 2.02. The lowest BCUT2D eigenvalue weighted by atomic mass is 10.0. The SMILES string of the molecule is CCCN=C(CC(C)CC)N=CN. The molecule has 0 bridgehead atoms. The molecule has 0 aliphatic heterocycles. The highest BCUT2D eigenvalue weighted by Crippen LogP contribution is 2.08. The van der Waals surface area contributed by atoms with Crippen LogP contribution in [0.3, 0.4) is 0 Å². The van der Waals surface area contributed by atoms with Crippen LogP contribution in [0.1, 0.15) is 40.0 Å². The summed E-state index contributed by atoms with van der Waals surface area (Å²) in [6, 6.07) is 0. The molecular formula is C10H21N3. The lowest BCUT2D eigenvalue weighted by Gasteiger charge is -2.06. The van der Waals surface area contributed by atoms with Gasteiger partial charge in [-0.1, -0.05) is 27.2 Å². The number of hydrogen-bond donors (Lipinski definition) is 1. The summed E-state index contributed by atoms with van der Waals surface area (Å²) in [5, 5.41) is 0. The monoisotopic (exact) mass is 183 g/mol. The van der Waals surface area contributed by atoms with Gasteiger partial charge < -0.3 is 5.73 Å². The van der Waals surface area contributed by atoms with Crippen molar-refractivity contribution in [3.05, 3.63) is 0 Å². The van der Waals surface area contributed by atoms with E-state index in [1.54, 1.807) is 0 Å². The van der Waals surface area contributed by atoms with E-state index in [0.717, 1.165) is 31.6 Å². The average Bonchev–Trinajstić information content (AvgIpc) is 2.14. The van der Waals surface area contributed by atoms with Gasteiger partial charge in [0.2, 0.25) is 0 Å². The summed E-state index contributed by atoms with van der Waals surface area (Å²) in [5.74, 6) is 1.53. The first-order chi connectivity index (χ1) is 6.24. The second kappa shape index (κ2) is 7.77. The van der Waals surface area contributed by atoms with Gasteiger partial charge in [-0.15, -0.1) is 0 Å². The fourth-order valence-electron chi connectivity index (χ4n) is 0.941. The topological polar surface area (TPSA) is 50.7 Å². The molecule has 3 nitrogen and oxygen atoms in total. The number of nitrogens with zero attached hydrogens (tertiary/aromatic N) is 2. The van der Waals surface area contributed by atoms with Crippen LogP contribution >= 0.6 is 0 Å². The highest BCUT2D eigenvalue weighted by atomic mass is 14.9. The molecule has 0 saturated heterocycles. The summed E-state index contributed by atoms with van der Waals surface area (Å²) in [6.07, 6.45) is 4.48. The molecule has 0 fully saturated rings. The van der Waals surface area contributed by atoms with Crippen molar-refractivity contribution in [2.24, 2.45) is 21.6 Å². The second-order valence-corrected chi connectivity index (χ2v) is 3.29. The fraction of sp³-hybridized carbons (Fsp3) is 0.800. The van der Waals surface area contributed by atoms with Crippen LogP contribution in [0.25, 0.3) is 0 Å². The molecule has 1 atom stereocenters. The molecular weight excluding hydrogens is 162 g/mol. The quantitative estimate of drug-likeness (QED) is 0.515. The Morgan fingerprint density at radius 1 is 1.46 bits per heavy atom. The van der Waals surface area contributed by atoms with Crippen LogP contribution in [0, 0.1) is 5.92 Å². The first kappa shape index (κ1) is 12.1. The first-order valence-electron chi connectivity index (χ1n) is 5.02. The summed E-state index contributed by atoms with van der Waals surface area (Å²) in [4.78, 5) is 8.41. The van der Waals surface area contributed by atoms with Gasteiger partial charge in [0.15, 0.2) is 0 Å². The van der Waals surface area contributed by atoms with Crippen LogP contribution < -0.4 is 5.73 Å². The van der Waals surface area contributed by atoms with E-state index < -0.39 is 0 Å². The fourth-order valence-corrected chi connectivity index (χ4v) is 0.941. The molecule has 76 valence electrons. The minimum Gasteiger partial charge on any atom is -0.390 e. The van der Waals surface area contributed by atoms with Gasteiger partial charge in [0.1, 0.15) is 5.84 Å². The van der Waals surface area contributed by atoms with E-state index >= 15 is 0 Å². The van der Waals surface area contributed by atoms with E-state index in [-0.39, 0.29) is 0 Å². The Bertz CT molecular complexity index is 173. The Morgan fingerprint density at radius 2 is 2.15 bits per heavy atom. The second-order valence-electron chi connectivity index (χ2n) is 3.29. The van der Waals surface area contributed by atoms with Crippen molar-refractivity contribution in [3.63, 3.8) is 0 Å². The van der Waals surface area contributed by atoms with Crippen molar-refractivity contribution in [2.45, 2.75) is 40.0 Å². The zero-order valence-electron chi connectivity index (χ0n) is 8.95. The van der Waals surface area contributed by atoms with Crippen LogP contribution in [0.15, 0.2) is 9.98 Å². The summed E-state index contributed by atoms with van der Waals surface area (Å²) in [5.41, 5.74) is 5.25. The van der Waals surface area contributed by atoms with Gasteiger partial charge in [-0.25, -0.2) is 4.99 Å². The smallest absolute Gasteiger partial charge is 0.125 e. The molecule has 0 radical (unpaired) electrons. The molecule has 0 aromatic rings.